The van der Waals surface area contributed by atoms with Gasteiger partial charge in [0.1, 0.15) is 0 Å². The van der Waals surface area contributed by atoms with Crippen LogP contribution in [0.5, 0.6) is 0 Å². The molecule has 0 unspecified atom stereocenters. The average molecular weight is 330 g/mol. The van der Waals surface area contributed by atoms with Crippen LogP contribution in [0.25, 0.3) is 0 Å². The van der Waals surface area contributed by atoms with Crippen molar-refractivity contribution in [2.75, 3.05) is 45.9 Å². The van der Waals surface area contributed by atoms with E-state index in [0.717, 1.165) is 39.1 Å². The van der Waals surface area contributed by atoms with Crippen molar-refractivity contribution < 1.29 is 4.74 Å². The Labute approximate surface area is 145 Å². The van der Waals surface area contributed by atoms with Crippen molar-refractivity contribution in [3.63, 3.8) is 0 Å². The summed E-state index contributed by atoms with van der Waals surface area (Å²) in [5.74, 6) is 0. The van der Waals surface area contributed by atoms with Gasteiger partial charge in [0, 0.05) is 31.2 Å². The molecular formula is C19H43N3O. The van der Waals surface area contributed by atoms with Gasteiger partial charge in [-0.3, -0.25) is 0 Å². The minimum Gasteiger partial charge on any atom is -0.378 e. The lowest BCUT2D eigenvalue weighted by atomic mass is 9.89. The van der Waals surface area contributed by atoms with Crippen molar-refractivity contribution in [1.29, 1.82) is 0 Å². The fraction of sp³-hybridized carbons (Fsp3) is 1.00. The Morgan fingerprint density at radius 1 is 1.04 bits per heavy atom. The number of nitrogens with two attached hydrogens (primary N) is 1. The molecule has 0 aliphatic carbocycles. The van der Waals surface area contributed by atoms with Crippen LogP contribution in [0.2, 0.25) is 0 Å². The molecule has 0 spiro atoms. The number of ether oxygens (including phenoxy) is 1. The van der Waals surface area contributed by atoms with E-state index in [1.54, 1.807) is 0 Å². The molecule has 140 valence electrons. The molecule has 0 saturated carbocycles. The number of hydrogen-bond acceptors (Lipinski definition) is 4. The van der Waals surface area contributed by atoms with E-state index in [2.05, 4.69) is 37.5 Å². The van der Waals surface area contributed by atoms with Gasteiger partial charge in [-0.15, -0.1) is 0 Å². The van der Waals surface area contributed by atoms with Gasteiger partial charge in [-0.25, -0.2) is 0 Å². The fourth-order valence-electron chi connectivity index (χ4n) is 3.07. The Morgan fingerprint density at radius 2 is 1.57 bits per heavy atom. The zero-order valence-corrected chi connectivity index (χ0v) is 16.7. The summed E-state index contributed by atoms with van der Waals surface area (Å²) in [5.41, 5.74) is 6.38. The van der Waals surface area contributed by atoms with Crippen LogP contribution in [0.3, 0.4) is 0 Å². The van der Waals surface area contributed by atoms with Crippen LogP contribution in [0.4, 0.5) is 0 Å². The summed E-state index contributed by atoms with van der Waals surface area (Å²) < 4.78 is 5.91. The van der Waals surface area contributed by atoms with Crippen molar-refractivity contribution in [3.05, 3.63) is 0 Å². The van der Waals surface area contributed by atoms with Gasteiger partial charge in [0.25, 0.3) is 0 Å². The normalized spacial score (nSPS) is 18.1. The summed E-state index contributed by atoms with van der Waals surface area (Å²) in [5, 5.41) is 0. The van der Waals surface area contributed by atoms with Crippen molar-refractivity contribution >= 4 is 0 Å². The lowest BCUT2D eigenvalue weighted by molar-refractivity contribution is 0.0326. The zero-order chi connectivity index (χ0) is 17.7. The molecule has 0 bridgehead atoms. The molecule has 1 fully saturated rings. The molecule has 1 aliphatic heterocycles. The number of hydrogen-bond donors (Lipinski definition) is 1. The molecule has 1 saturated heterocycles. The minimum atomic E-state index is -0.105. The first-order valence-electron chi connectivity index (χ1n) is 9.83. The molecule has 1 heterocycles. The molecule has 4 heteroatoms. The Kier molecular flexibility index (Phi) is 13.1. The van der Waals surface area contributed by atoms with Gasteiger partial charge < -0.3 is 20.3 Å². The van der Waals surface area contributed by atoms with Crippen LogP contribution in [-0.2, 0) is 4.74 Å². The maximum atomic E-state index is 6.49. The Hall–Kier alpha value is -0.160. The summed E-state index contributed by atoms with van der Waals surface area (Å²) in [7, 11) is 0. The van der Waals surface area contributed by atoms with Gasteiger partial charge in [0.2, 0.25) is 0 Å². The lowest BCUT2D eigenvalue weighted by Crippen LogP contribution is -2.54. The van der Waals surface area contributed by atoms with Gasteiger partial charge in [0.05, 0.1) is 13.2 Å². The number of piperidine rings is 1. The fourth-order valence-corrected chi connectivity index (χ4v) is 3.07. The number of likely N-dealkylation sites (tertiary alicyclic amines) is 1. The highest BCUT2D eigenvalue weighted by Crippen LogP contribution is 2.21. The van der Waals surface area contributed by atoms with E-state index < -0.39 is 0 Å². The van der Waals surface area contributed by atoms with Gasteiger partial charge in [-0.05, 0) is 52.6 Å². The van der Waals surface area contributed by atoms with E-state index in [1.165, 1.54) is 25.9 Å². The molecule has 23 heavy (non-hydrogen) atoms. The third-order valence-electron chi connectivity index (χ3n) is 4.55. The highest BCUT2D eigenvalue weighted by atomic mass is 16.5. The first-order valence-corrected chi connectivity index (χ1v) is 9.83. The molecule has 1 aliphatic rings. The van der Waals surface area contributed by atoms with Crippen LogP contribution in [0.1, 0.15) is 67.2 Å². The van der Waals surface area contributed by atoms with Crippen molar-refractivity contribution in [1.82, 2.24) is 9.80 Å². The quantitative estimate of drug-likeness (QED) is 0.624. The zero-order valence-electron chi connectivity index (χ0n) is 16.7. The van der Waals surface area contributed by atoms with Crippen LogP contribution in [-0.4, -0.2) is 67.3 Å². The van der Waals surface area contributed by atoms with Crippen LogP contribution in [0, 0.1) is 0 Å². The van der Waals surface area contributed by atoms with Gasteiger partial charge >= 0.3 is 0 Å². The number of nitrogens with zero attached hydrogens (tertiary/aromatic N) is 2. The predicted octanol–water partition coefficient (Wildman–Crippen LogP) is 3.35. The second-order valence-electron chi connectivity index (χ2n) is 6.89. The van der Waals surface area contributed by atoms with Crippen LogP contribution < -0.4 is 5.73 Å². The molecule has 0 aromatic heterocycles. The predicted molar refractivity (Wildman–Crippen MR) is 102 cm³/mol. The lowest BCUT2D eigenvalue weighted by Gasteiger charge is -2.40. The highest BCUT2D eigenvalue weighted by molar-refractivity contribution is 4.91. The topological polar surface area (TPSA) is 41.7 Å². The summed E-state index contributed by atoms with van der Waals surface area (Å²) >= 11 is 0. The molecule has 1 rings (SSSR count). The van der Waals surface area contributed by atoms with E-state index in [-0.39, 0.29) is 5.54 Å². The van der Waals surface area contributed by atoms with Crippen LogP contribution >= 0.6 is 0 Å². The first-order chi connectivity index (χ1) is 11.0. The largest absolute Gasteiger partial charge is 0.378 e. The van der Waals surface area contributed by atoms with Crippen molar-refractivity contribution in [2.45, 2.75) is 78.8 Å². The monoisotopic (exact) mass is 329 g/mol. The van der Waals surface area contributed by atoms with E-state index in [1.807, 2.05) is 13.8 Å². The Balaban J connectivity index is 0.00000232. The highest BCUT2D eigenvalue weighted by Gasteiger charge is 2.31. The van der Waals surface area contributed by atoms with E-state index in [9.17, 15) is 0 Å². The first kappa shape index (κ1) is 22.8. The van der Waals surface area contributed by atoms with Gasteiger partial charge in [0.15, 0.2) is 0 Å². The third kappa shape index (κ3) is 9.65. The smallest absolute Gasteiger partial charge is 0.0647 e. The summed E-state index contributed by atoms with van der Waals surface area (Å²) in [6.07, 6.45) is 4.54. The van der Waals surface area contributed by atoms with Crippen LogP contribution in [0.15, 0.2) is 0 Å². The van der Waals surface area contributed by atoms with Gasteiger partial charge in [-0.2, -0.15) is 0 Å². The van der Waals surface area contributed by atoms with Gasteiger partial charge in [-0.1, -0.05) is 27.7 Å². The minimum absolute atomic E-state index is 0.105. The molecule has 0 aromatic rings. The molecule has 0 atom stereocenters. The molecular weight excluding hydrogens is 286 g/mol. The van der Waals surface area contributed by atoms with Crippen molar-refractivity contribution in [2.24, 2.45) is 5.73 Å². The van der Waals surface area contributed by atoms with E-state index in [0.29, 0.717) is 12.6 Å². The average Bonchev–Trinajstić information content (AvgIpc) is 2.54. The molecule has 0 radical (unpaired) electrons. The number of rotatable bonds is 10. The summed E-state index contributed by atoms with van der Waals surface area (Å²) in [6, 6.07) is 0.632. The SMILES string of the molecule is CC.CCCN(CCC)CCOCC1(N)CCN(C(C)C)CC1. The summed E-state index contributed by atoms with van der Waals surface area (Å²) in [4.78, 5) is 5.00. The maximum absolute atomic E-state index is 6.49. The Bertz CT molecular complexity index is 257. The maximum Gasteiger partial charge on any atom is 0.0647 e. The van der Waals surface area contributed by atoms with E-state index in [4.69, 9.17) is 10.5 Å². The molecule has 4 nitrogen and oxygen atoms in total. The second kappa shape index (κ2) is 13.2. The standard InChI is InChI=1S/C17H37N3O.C2H6/c1-5-9-19(10-6-2)13-14-21-15-17(18)7-11-20(12-8-17)16(3)4;1-2/h16H,5-15,18H2,1-4H3;1-2H3. The van der Waals surface area contributed by atoms with E-state index >= 15 is 0 Å². The molecule has 0 amide bonds. The molecule has 2 N–H and O–H groups in total. The second-order valence-corrected chi connectivity index (χ2v) is 6.89. The summed E-state index contributed by atoms with van der Waals surface area (Å²) in [6.45, 7) is 20.1. The van der Waals surface area contributed by atoms with Crippen molar-refractivity contribution in [3.8, 4) is 0 Å². The third-order valence-corrected chi connectivity index (χ3v) is 4.55. The molecule has 0 aromatic carbocycles. The Morgan fingerprint density at radius 3 is 2.00 bits per heavy atom.